The molecule has 0 unspecified atom stereocenters. The van der Waals surface area contributed by atoms with E-state index in [1.807, 2.05) is 162 Å². The smallest absolute Gasteiger partial charge is 0.309 e. The summed E-state index contributed by atoms with van der Waals surface area (Å²) in [5, 5.41) is 17.8. The van der Waals surface area contributed by atoms with Crippen molar-refractivity contribution in [3.05, 3.63) is 296 Å². The SMILES string of the molecule is [C-]#[N+]c1cccc(C(F)(F)F)c1-c1ccc(-n2c3cc(C)ccc3c3ccc(C)cc32)c(C#N)c1-n1c2cc(C)ccc2c2ccc(C)cc21.[C-]#[N+]c1cccc(C(F)(F)F)c1-c1ccc(-n2c3cc(C)ccc3c3ccc(C)cc32)c(C(F)(F)F)c1-n1c2cc(C)ccc2c2ccc(C)cc21. The van der Waals surface area contributed by atoms with Gasteiger partial charge < -0.3 is 18.3 Å². The molecule has 0 amide bonds. The molecular weight excluding hydrogens is 1300 g/mol. The molecule has 0 bridgehead atoms. The van der Waals surface area contributed by atoms with Crippen molar-refractivity contribution >= 4 is 98.6 Å². The van der Waals surface area contributed by atoms with Crippen molar-refractivity contribution in [3.63, 3.8) is 0 Å². The number of hydrogen-bond donors (Lipinski definition) is 0. The molecule has 0 saturated heterocycles. The maximum atomic E-state index is 16.3. The Hall–Kier alpha value is -12.3. The van der Waals surface area contributed by atoms with Gasteiger partial charge in [0.2, 0.25) is 0 Å². The van der Waals surface area contributed by atoms with E-state index < -0.39 is 52.2 Å². The molecule has 16 aromatic rings. The Morgan fingerprint density at radius 3 is 0.853 bits per heavy atom. The van der Waals surface area contributed by atoms with Crippen molar-refractivity contribution in [2.75, 3.05) is 0 Å². The maximum Gasteiger partial charge on any atom is 0.420 e. The van der Waals surface area contributed by atoms with Gasteiger partial charge in [-0.1, -0.05) is 146 Å². The zero-order valence-corrected chi connectivity index (χ0v) is 56.2. The lowest BCUT2D eigenvalue weighted by atomic mass is 9.92. The van der Waals surface area contributed by atoms with E-state index in [0.29, 0.717) is 38.5 Å². The Kier molecular flexibility index (Phi) is 15.4. The van der Waals surface area contributed by atoms with E-state index in [-0.39, 0.29) is 39.3 Å². The summed E-state index contributed by atoms with van der Waals surface area (Å²) in [5.41, 5.74) is 7.67. The molecule has 16 heteroatoms. The lowest BCUT2D eigenvalue weighted by Gasteiger charge is -2.26. The summed E-state index contributed by atoms with van der Waals surface area (Å²) in [6.45, 7) is 31.1. The standard InChI is InChI=1S/C43H29F6N3.C43H29F3N4/c1-23-9-13-27-28-14-10-24(2)20-36(28)51(35(27)19-23)34-18-17-31(39-32(42(44,45)46)7-6-8-33(39)50-5)41(40(34)43(47,48)49)52-37-21-25(3)11-15-29(37)30-16-12-26(4)22-38(30)52;1-24-9-13-28-29-14-10-25(2)20-38(29)49(37(28)19-24)36-18-17-32(41-34(43(44,45)46)7-6-8-35(41)48-5)42(33(36)23-47)50-39-21-26(3)11-15-30(39)31-16-12-27(4)22-40(31)50/h6-22H,1-4H3;6-22H,1-4H3. The molecule has 4 aromatic heterocycles. The Balaban J connectivity index is 0.000000165. The average Bonchev–Trinajstić information content (AvgIpc) is 1.48. The summed E-state index contributed by atoms with van der Waals surface area (Å²) in [4.78, 5) is 6.99. The van der Waals surface area contributed by atoms with Crippen molar-refractivity contribution in [1.29, 1.82) is 5.26 Å². The summed E-state index contributed by atoms with van der Waals surface area (Å²) in [6, 6.07) is 61.7. The largest absolute Gasteiger partial charge is 0.420 e. The minimum Gasteiger partial charge on any atom is -0.309 e. The van der Waals surface area contributed by atoms with E-state index in [0.717, 1.165) is 117 Å². The third-order valence-corrected chi connectivity index (χ3v) is 19.4. The molecule has 102 heavy (non-hydrogen) atoms. The Labute approximate surface area is 579 Å². The van der Waals surface area contributed by atoms with Crippen LogP contribution in [0.5, 0.6) is 0 Å². The second-order valence-corrected chi connectivity index (χ2v) is 26.4. The van der Waals surface area contributed by atoms with E-state index in [1.54, 1.807) is 28.8 Å². The van der Waals surface area contributed by atoms with Crippen LogP contribution in [0.25, 0.3) is 142 Å². The zero-order chi connectivity index (χ0) is 71.9. The number of rotatable bonds is 6. The minimum atomic E-state index is -5.08. The normalized spacial score (nSPS) is 12.1. The third-order valence-electron chi connectivity index (χ3n) is 19.4. The van der Waals surface area contributed by atoms with Crippen LogP contribution < -0.4 is 0 Å². The second-order valence-electron chi connectivity index (χ2n) is 26.4. The molecule has 500 valence electrons. The zero-order valence-electron chi connectivity index (χ0n) is 56.2. The topological polar surface area (TPSA) is 52.2 Å². The van der Waals surface area contributed by atoms with Crippen molar-refractivity contribution in [2.45, 2.75) is 73.9 Å². The van der Waals surface area contributed by atoms with Gasteiger partial charge in [-0.15, -0.1) is 0 Å². The minimum absolute atomic E-state index is 0.144. The van der Waals surface area contributed by atoms with Gasteiger partial charge in [0.1, 0.15) is 17.2 Å². The number of nitriles is 1. The maximum absolute atomic E-state index is 16.3. The van der Waals surface area contributed by atoms with Crippen molar-refractivity contribution in [3.8, 4) is 51.1 Å². The molecule has 0 aliphatic carbocycles. The van der Waals surface area contributed by atoms with Crippen LogP contribution in [0, 0.1) is 79.9 Å². The van der Waals surface area contributed by atoms with Gasteiger partial charge in [0.15, 0.2) is 11.4 Å². The Bertz CT molecular complexity index is 6180. The van der Waals surface area contributed by atoms with Gasteiger partial charge in [-0.3, -0.25) is 0 Å². The highest BCUT2D eigenvalue weighted by Gasteiger charge is 2.43. The first kappa shape index (κ1) is 65.6. The van der Waals surface area contributed by atoms with Crippen LogP contribution in [0.2, 0.25) is 0 Å². The van der Waals surface area contributed by atoms with Gasteiger partial charge in [-0.05, 0) is 172 Å². The predicted molar refractivity (Wildman–Crippen MR) is 391 cm³/mol. The number of benzene rings is 12. The molecule has 0 spiro atoms. The molecule has 0 fully saturated rings. The number of alkyl halides is 9. The fraction of sp³-hybridized carbons (Fsp3) is 0.128. The molecule has 7 nitrogen and oxygen atoms in total. The van der Waals surface area contributed by atoms with Crippen LogP contribution in [0.1, 0.15) is 66.8 Å². The monoisotopic (exact) mass is 1360 g/mol. The quantitative estimate of drug-likeness (QED) is 0.121. The van der Waals surface area contributed by atoms with E-state index in [4.69, 9.17) is 13.1 Å². The molecule has 4 heterocycles. The molecular formula is C86H58F9N7. The van der Waals surface area contributed by atoms with Crippen LogP contribution in [-0.2, 0) is 18.5 Å². The molecule has 12 aromatic carbocycles. The fourth-order valence-corrected chi connectivity index (χ4v) is 15.1. The molecule has 0 atom stereocenters. The molecule has 0 radical (unpaired) electrons. The molecule has 0 N–H and O–H groups in total. The lowest BCUT2D eigenvalue weighted by molar-refractivity contribution is -0.138. The number of nitrogens with zero attached hydrogens (tertiary/aromatic N) is 7. The summed E-state index contributed by atoms with van der Waals surface area (Å²) >= 11 is 0. The first-order valence-electron chi connectivity index (χ1n) is 32.7. The van der Waals surface area contributed by atoms with E-state index in [1.165, 1.54) is 34.9 Å². The van der Waals surface area contributed by atoms with Gasteiger partial charge in [0.25, 0.3) is 0 Å². The molecule has 0 saturated carbocycles. The highest BCUT2D eigenvalue weighted by Crippen LogP contribution is 2.53. The summed E-state index contributed by atoms with van der Waals surface area (Å²) in [6.07, 6.45) is -14.8. The fourth-order valence-electron chi connectivity index (χ4n) is 15.1. The lowest BCUT2D eigenvalue weighted by Crippen LogP contribution is -2.17. The second kappa shape index (κ2) is 24.0. The third kappa shape index (κ3) is 10.6. The Morgan fingerprint density at radius 2 is 0.578 bits per heavy atom. The molecule has 0 aliphatic rings. The average molecular weight is 1360 g/mol. The number of aryl methyl sites for hydroxylation is 8. The van der Waals surface area contributed by atoms with Gasteiger partial charge in [0.05, 0.1) is 91.2 Å². The van der Waals surface area contributed by atoms with Gasteiger partial charge >= 0.3 is 18.5 Å². The number of fused-ring (bicyclic) bond motifs is 12. The van der Waals surface area contributed by atoms with Gasteiger partial charge in [0, 0.05) is 54.2 Å². The predicted octanol–water partition coefficient (Wildman–Crippen LogP) is 25.6. The van der Waals surface area contributed by atoms with E-state index >= 15 is 13.2 Å². The van der Waals surface area contributed by atoms with Gasteiger partial charge in [-0.2, -0.15) is 44.8 Å². The van der Waals surface area contributed by atoms with Crippen LogP contribution in [-0.4, -0.2) is 18.3 Å². The highest BCUT2D eigenvalue weighted by molar-refractivity contribution is 6.15. The summed E-state index contributed by atoms with van der Waals surface area (Å²) in [5.74, 6) is 0. The Morgan fingerprint density at radius 1 is 0.314 bits per heavy atom. The van der Waals surface area contributed by atoms with Crippen molar-refractivity contribution < 1.29 is 39.5 Å². The van der Waals surface area contributed by atoms with Crippen LogP contribution >= 0.6 is 0 Å². The van der Waals surface area contributed by atoms with Gasteiger partial charge in [-0.25, -0.2) is 9.69 Å². The summed E-state index contributed by atoms with van der Waals surface area (Å²) < 4.78 is 145. The van der Waals surface area contributed by atoms with Crippen LogP contribution in [0.4, 0.5) is 50.9 Å². The number of hydrogen-bond acceptors (Lipinski definition) is 1. The highest BCUT2D eigenvalue weighted by atomic mass is 19.4. The van der Waals surface area contributed by atoms with Crippen LogP contribution in [0.3, 0.4) is 0 Å². The number of halogens is 9. The van der Waals surface area contributed by atoms with E-state index in [2.05, 4.69) is 52.2 Å². The molecule has 0 aliphatic heterocycles. The van der Waals surface area contributed by atoms with E-state index in [9.17, 15) is 31.6 Å². The van der Waals surface area contributed by atoms with Crippen molar-refractivity contribution in [1.82, 2.24) is 18.3 Å². The van der Waals surface area contributed by atoms with Crippen molar-refractivity contribution in [2.24, 2.45) is 0 Å². The number of aromatic nitrogens is 4. The first-order chi connectivity index (χ1) is 48.7. The first-order valence-corrected chi connectivity index (χ1v) is 32.7. The summed E-state index contributed by atoms with van der Waals surface area (Å²) in [7, 11) is 0. The molecule has 16 rings (SSSR count). The van der Waals surface area contributed by atoms with Crippen LogP contribution in [0.15, 0.2) is 206 Å².